The minimum absolute atomic E-state index is 0.301. The van der Waals surface area contributed by atoms with Crippen LogP contribution in [0.1, 0.15) is 11.3 Å². The monoisotopic (exact) mass is 375 g/mol. The first kappa shape index (κ1) is 16.4. The van der Waals surface area contributed by atoms with E-state index in [0.29, 0.717) is 23.8 Å². The second-order valence-corrected chi connectivity index (χ2v) is 8.42. The molecule has 104 valence electrons. The molecule has 4 nitrogen and oxygen atoms in total. The first-order valence-corrected chi connectivity index (χ1v) is 8.86. The number of rotatable bonds is 7. The number of sulfonamides is 1. The van der Waals surface area contributed by atoms with Gasteiger partial charge in [-0.15, -0.1) is 22.9 Å². The second kappa shape index (κ2) is 7.21. The van der Waals surface area contributed by atoms with E-state index in [2.05, 4.69) is 20.7 Å². The molecule has 18 heavy (non-hydrogen) atoms. The van der Waals surface area contributed by atoms with E-state index in [1.165, 1.54) is 18.4 Å². The van der Waals surface area contributed by atoms with Gasteiger partial charge in [0.1, 0.15) is 0 Å². The molecule has 0 fully saturated rings. The van der Waals surface area contributed by atoms with Gasteiger partial charge >= 0.3 is 0 Å². The first-order chi connectivity index (χ1) is 8.40. The van der Waals surface area contributed by atoms with Crippen molar-refractivity contribution in [3.05, 3.63) is 14.7 Å². The van der Waals surface area contributed by atoms with Gasteiger partial charge in [-0.1, -0.05) is 0 Å². The average Bonchev–Trinajstić information content (AvgIpc) is 2.59. The summed E-state index contributed by atoms with van der Waals surface area (Å²) in [5, 5.41) is 0. The van der Waals surface area contributed by atoms with E-state index >= 15 is 0 Å². The van der Waals surface area contributed by atoms with Gasteiger partial charge in [0.15, 0.2) is 0 Å². The Morgan fingerprint density at radius 3 is 2.72 bits per heavy atom. The van der Waals surface area contributed by atoms with Gasteiger partial charge in [0.2, 0.25) is 10.0 Å². The van der Waals surface area contributed by atoms with Gasteiger partial charge < -0.3 is 4.74 Å². The Labute approximate surface area is 125 Å². The van der Waals surface area contributed by atoms with Crippen molar-refractivity contribution in [1.29, 1.82) is 0 Å². The molecule has 1 atom stereocenters. The molecule has 0 spiro atoms. The molecular weight excluding hydrogens is 362 g/mol. The van der Waals surface area contributed by atoms with E-state index < -0.39 is 10.0 Å². The van der Waals surface area contributed by atoms with Gasteiger partial charge in [-0.3, -0.25) is 0 Å². The fourth-order valence-corrected chi connectivity index (χ4v) is 5.42. The van der Waals surface area contributed by atoms with Crippen LogP contribution in [0.25, 0.3) is 0 Å². The maximum atomic E-state index is 12.2. The van der Waals surface area contributed by atoms with Crippen LogP contribution < -0.4 is 4.72 Å². The van der Waals surface area contributed by atoms with Gasteiger partial charge in [0, 0.05) is 23.9 Å². The van der Waals surface area contributed by atoms with Gasteiger partial charge in [0.25, 0.3) is 0 Å². The summed E-state index contributed by atoms with van der Waals surface area (Å²) < 4.78 is 32.8. The molecule has 0 aliphatic heterocycles. The minimum Gasteiger partial charge on any atom is -0.383 e. The highest BCUT2D eigenvalue weighted by atomic mass is 79.9. The number of nitrogens with one attached hydrogen (secondary N) is 1. The lowest BCUT2D eigenvalue weighted by molar-refractivity contribution is 0.173. The summed E-state index contributed by atoms with van der Waals surface area (Å²) in [6.07, 6.45) is 0.527. The van der Waals surface area contributed by atoms with Crippen molar-refractivity contribution >= 4 is 48.9 Å². The van der Waals surface area contributed by atoms with Crippen molar-refractivity contribution in [3.63, 3.8) is 0 Å². The highest BCUT2D eigenvalue weighted by molar-refractivity contribution is 9.11. The number of thiophene rings is 1. The molecule has 0 aliphatic carbocycles. The Bertz CT molecular complexity index is 483. The number of alkyl halides is 1. The lowest BCUT2D eigenvalue weighted by Gasteiger charge is -2.16. The molecule has 1 aromatic heterocycles. The van der Waals surface area contributed by atoms with E-state index in [1.54, 1.807) is 13.0 Å². The predicted molar refractivity (Wildman–Crippen MR) is 78.1 cm³/mol. The number of hydrogen-bond donors (Lipinski definition) is 1. The van der Waals surface area contributed by atoms with Crippen molar-refractivity contribution in [2.24, 2.45) is 0 Å². The Morgan fingerprint density at radius 1 is 1.61 bits per heavy atom. The summed E-state index contributed by atoms with van der Waals surface area (Å²) in [7, 11) is -1.99. The molecule has 0 amide bonds. The van der Waals surface area contributed by atoms with E-state index in [0.717, 1.165) is 8.66 Å². The third-order valence-electron chi connectivity index (χ3n) is 2.28. The van der Waals surface area contributed by atoms with Gasteiger partial charge in [0.05, 0.1) is 15.3 Å². The maximum absolute atomic E-state index is 12.2. The molecule has 0 aromatic carbocycles. The van der Waals surface area contributed by atoms with Crippen LogP contribution >= 0.6 is 38.9 Å². The maximum Gasteiger partial charge on any atom is 0.242 e. The minimum atomic E-state index is -3.52. The summed E-state index contributed by atoms with van der Waals surface area (Å²) in [5.41, 5.74) is 0. The molecule has 0 aliphatic rings. The van der Waals surface area contributed by atoms with Crippen LogP contribution in [0.5, 0.6) is 0 Å². The van der Waals surface area contributed by atoms with Crippen LogP contribution in [0.15, 0.2) is 14.7 Å². The number of hydrogen-bond acceptors (Lipinski definition) is 4. The summed E-state index contributed by atoms with van der Waals surface area (Å²) in [5.74, 6) is 0.378. The second-order valence-electron chi connectivity index (χ2n) is 3.72. The van der Waals surface area contributed by atoms with E-state index in [9.17, 15) is 8.42 Å². The molecule has 1 aromatic rings. The summed E-state index contributed by atoms with van der Waals surface area (Å²) >= 11 is 10.3. The Hall–Kier alpha value is 0.340. The van der Waals surface area contributed by atoms with Crippen molar-refractivity contribution in [3.8, 4) is 0 Å². The standard InChI is InChI=1S/C10H15BrClNO3S2/c1-7-9(5-10(11)17-7)18(14,15)13-8(3-4-12)6-16-2/h5,8,13H,3-4,6H2,1-2H3. The topological polar surface area (TPSA) is 55.4 Å². The summed E-state index contributed by atoms with van der Waals surface area (Å²) in [6.45, 7) is 2.08. The molecule has 1 N–H and O–H groups in total. The van der Waals surface area contributed by atoms with Gasteiger partial charge in [-0.25, -0.2) is 13.1 Å². The molecule has 0 saturated carbocycles. The Morgan fingerprint density at radius 2 is 2.28 bits per heavy atom. The largest absolute Gasteiger partial charge is 0.383 e. The van der Waals surface area contributed by atoms with Crippen molar-refractivity contribution in [1.82, 2.24) is 4.72 Å². The zero-order valence-electron chi connectivity index (χ0n) is 10.1. The average molecular weight is 377 g/mol. The molecule has 8 heteroatoms. The highest BCUT2D eigenvalue weighted by Crippen LogP contribution is 2.29. The smallest absolute Gasteiger partial charge is 0.242 e. The molecule has 1 heterocycles. The van der Waals surface area contributed by atoms with Crippen LogP contribution in [0, 0.1) is 6.92 Å². The normalized spacial score (nSPS) is 13.8. The number of methoxy groups -OCH3 is 1. The molecule has 0 bridgehead atoms. The fourth-order valence-electron chi connectivity index (χ4n) is 1.49. The lowest BCUT2D eigenvalue weighted by Crippen LogP contribution is -2.38. The van der Waals surface area contributed by atoms with Crippen LogP contribution in [0.2, 0.25) is 0 Å². The van der Waals surface area contributed by atoms with Crippen LogP contribution in [-0.2, 0) is 14.8 Å². The third kappa shape index (κ3) is 4.47. The Kier molecular flexibility index (Phi) is 6.57. The molecule has 0 saturated heterocycles. The quantitative estimate of drug-likeness (QED) is 0.744. The van der Waals surface area contributed by atoms with E-state index in [4.69, 9.17) is 16.3 Å². The van der Waals surface area contributed by atoms with Gasteiger partial charge in [-0.05, 0) is 35.3 Å². The summed E-state index contributed by atoms with van der Waals surface area (Å²) in [4.78, 5) is 1.05. The molecule has 1 rings (SSSR count). The lowest BCUT2D eigenvalue weighted by atomic mass is 10.3. The van der Waals surface area contributed by atoms with Crippen molar-refractivity contribution in [2.75, 3.05) is 19.6 Å². The van der Waals surface area contributed by atoms with Crippen LogP contribution in [0.4, 0.5) is 0 Å². The predicted octanol–water partition coefficient (Wildman–Crippen LogP) is 2.74. The van der Waals surface area contributed by atoms with Crippen LogP contribution in [0.3, 0.4) is 0 Å². The van der Waals surface area contributed by atoms with Crippen molar-refractivity contribution in [2.45, 2.75) is 24.3 Å². The molecule has 1 unspecified atom stereocenters. The third-order valence-corrected chi connectivity index (χ3v) is 5.83. The highest BCUT2D eigenvalue weighted by Gasteiger charge is 2.23. The van der Waals surface area contributed by atoms with Crippen LogP contribution in [-0.4, -0.2) is 34.1 Å². The number of ether oxygens (including phenoxy) is 1. The van der Waals surface area contributed by atoms with Crippen molar-refractivity contribution < 1.29 is 13.2 Å². The molecule has 0 radical (unpaired) electrons. The van der Waals surface area contributed by atoms with E-state index in [-0.39, 0.29) is 6.04 Å². The zero-order chi connectivity index (χ0) is 13.8. The van der Waals surface area contributed by atoms with E-state index in [1.807, 2.05) is 0 Å². The molecular formula is C10H15BrClNO3S2. The Balaban J connectivity index is 2.89. The number of halogens is 2. The SMILES string of the molecule is COCC(CCCl)NS(=O)(=O)c1cc(Br)sc1C. The zero-order valence-corrected chi connectivity index (χ0v) is 14.0. The fraction of sp³-hybridized carbons (Fsp3) is 0.600. The first-order valence-electron chi connectivity index (χ1n) is 5.24. The number of aryl methyl sites for hydroxylation is 1. The summed E-state index contributed by atoms with van der Waals surface area (Å²) in [6, 6.07) is 1.29. The van der Waals surface area contributed by atoms with Gasteiger partial charge in [-0.2, -0.15) is 0 Å².